The van der Waals surface area contributed by atoms with Crippen molar-refractivity contribution in [3.63, 3.8) is 0 Å². The number of rotatable bonds is 2. The molecule has 1 amide bonds. The minimum atomic E-state index is -0.0935. The molecule has 1 aromatic carbocycles. The molecule has 5 nitrogen and oxygen atoms in total. The summed E-state index contributed by atoms with van der Waals surface area (Å²) >= 11 is 0. The zero-order valence-electron chi connectivity index (χ0n) is 12.8. The molecule has 3 rings (SSSR count). The third-order valence-electron chi connectivity index (χ3n) is 4.30. The van der Waals surface area contributed by atoms with Crippen LogP contribution in [-0.2, 0) is 0 Å². The fourth-order valence-corrected chi connectivity index (χ4v) is 2.89. The Balaban J connectivity index is 1.88. The van der Waals surface area contributed by atoms with E-state index in [1.54, 1.807) is 12.0 Å². The number of aryl methyl sites for hydroxylation is 1. The predicted octanol–water partition coefficient (Wildman–Crippen LogP) is 3.13. The van der Waals surface area contributed by atoms with Crippen molar-refractivity contribution in [3.8, 4) is 11.8 Å². The van der Waals surface area contributed by atoms with Gasteiger partial charge in [-0.15, -0.1) is 0 Å². The number of fused-ring (bicyclic) bond motifs is 1. The number of piperidine rings is 1. The number of likely N-dealkylation sites (tertiary alicyclic amines) is 1. The van der Waals surface area contributed by atoms with E-state index < -0.39 is 0 Å². The van der Waals surface area contributed by atoms with Crippen LogP contribution in [0.1, 0.15) is 29.0 Å². The quantitative estimate of drug-likeness (QED) is 0.854. The Bertz CT molecular complexity index is 749. The molecule has 114 valence electrons. The molecule has 2 heterocycles. The van der Waals surface area contributed by atoms with E-state index in [4.69, 9.17) is 14.4 Å². The van der Waals surface area contributed by atoms with Gasteiger partial charge in [-0.1, -0.05) is 0 Å². The van der Waals surface area contributed by atoms with Gasteiger partial charge < -0.3 is 14.1 Å². The summed E-state index contributed by atoms with van der Waals surface area (Å²) in [5.41, 5.74) is 1.52. The molecule has 0 N–H and O–H groups in total. The van der Waals surface area contributed by atoms with Crippen molar-refractivity contribution in [1.82, 2.24) is 4.90 Å². The van der Waals surface area contributed by atoms with Crippen LogP contribution in [0.15, 0.2) is 22.6 Å². The molecule has 1 fully saturated rings. The second-order valence-corrected chi connectivity index (χ2v) is 5.61. The Labute approximate surface area is 129 Å². The van der Waals surface area contributed by atoms with Crippen molar-refractivity contribution in [2.75, 3.05) is 20.2 Å². The van der Waals surface area contributed by atoms with Gasteiger partial charge in [0.15, 0.2) is 5.76 Å². The molecule has 1 aromatic heterocycles. The van der Waals surface area contributed by atoms with Gasteiger partial charge in [-0.3, -0.25) is 4.79 Å². The number of methoxy groups -OCH3 is 1. The van der Waals surface area contributed by atoms with Crippen LogP contribution in [-0.4, -0.2) is 31.0 Å². The van der Waals surface area contributed by atoms with E-state index in [-0.39, 0.29) is 11.8 Å². The van der Waals surface area contributed by atoms with Gasteiger partial charge in [0.25, 0.3) is 5.91 Å². The molecular formula is C17H18N2O3. The highest BCUT2D eigenvalue weighted by atomic mass is 16.5. The summed E-state index contributed by atoms with van der Waals surface area (Å²) in [6, 6.07) is 7.79. The number of carbonyl (C=O) groups is 1. The first-order valence-electron chi connectivity index (χ1n) is 7.40. The van der Waals surface area contributed by atoms with Crippen molar-refractivity contribution >= 4 is 16.9 Å². The molecular weight excluding hydrogens is 280 g/mol. The van der Waals surface area contributed by atoms with Crippen LogP contribution in [0.25, 0.3) is 11.0 Å². The van der Waals surface area contributed by atoms with Crippen molar-refractivity contribution in [2.45, 2.75) is 19.8 Å². The zero-order chi connectivity index (χ0) is 15.7. The summed E-state index contributed by atoms with van der Waals surface area (Å²) in [6.07, 6.45) is 1.46. The van der Waals surface area contributed by atoms with Crippen LogP contribution in [0.3, 0.4) is 0 Å². The summed E-state index contributed by atoms with van der Waals surface area (Å²) in [5.74, 6) is 1.10. The van der Waals surface area contributed by atoms with Gasteiger partial charge in [0.2, 0.25) is 0 Å². The molecule has 1 saturated heterocycles. The van der Waals surface area contributed by atoms with Gasteiger partial charge in [0.1, 0.15) is 11.3 Å². The molecule has 1 aliphatic heterocycles. The molecule has 0 spiro atoms. The Hall–Kier alpha value is -2.48. The highest BCUT2D eigenvalue weighted by molar-refractivity contribution is 5.99. The van der Waals surface area contributed by atoms with Gasteiger partial charge in [-0.25, -0.2) is 0 Å². The maximum Gasteiger partial charge on any atom is 0.289 e. The summed E-state index contributed by atoms with van der Waals surface area (Å²) in [6.45, 7) is 3.11. The topological polar surface area (TPSA) is 66.5 Å². The third-order valence-corrected chi connectivity index (χ3v) is 4.30. The largest absolute Gasteiger partial charge is 0.497 e. The fourth-order valence-electron chi connectivity index (χ4n) is 2.89. The van der Waals surface area contributed by atoms with Crippen LogP contribution in [0.5, 0.6) is 5.75 Å². The van der Waals surface area contributed by atoms with E-state index >= 15 is 0 Å². The van der Waals surface area contributed by atoms with E-state index in [0.29, 0.717) is 24.4 Å². The second-order valence-electron chi connectivity index (χ2n) is 5.61. The molecule has 0 atom stereocenters. The number of nitrogens with zero attached hydrogens (tertiary/aromatic N) is 2. The molecule has 0 saturated carbocycles. The van der Waals surface area contributed by atoms with Crippen LogP contribution in [0.2, 0.25) is 0 Å². The molecule has 1 aliphatic rings. The van der Waals surface area contributed by atoms with E-state index in [9.17, 15) is 4.79 Å². The van der Waals surface area contributed by atoms with Gasteiger partial charge >= 0.3 is 0 Å². The monoisotopic (exact) mass is 298 g/mol. The Morgan fingerprint density at radius 2 is 2.14 bits per heavy atom. The lowest BCUT2D eigenvalue weighted by Crippen LogP contribution is -2.38. The van der Waals surface area contributed by atoms with E-state index in [1.165, 1.54) is 0 Å². The molecule has 0 bridgehead atoms. The van der Waals surface area contributed by atoms with E-state index in [0.717, 1.165) is 29.5 Å². The molecule has 5 heteroatoms. The number of benzene rings is 1. The number of carbonyl (C=O) groups excluding carboxylic acids is 1. The molecule has 0 radical (unpaired) electrons. The lowest BCUT2D eigenvalue weighted by Gasteiger charge is -2.28. The Morgan fingerprint density at radius 1 is 1.41 bits per heavy atom. The number of furan rings is 1. The molecule has 0 unspecified atom stereocenters. The van der Waals surface area contributed by atoms with E-state index in [2.05, 4.69) is 6.07 Å². The number of hydrogen-bond acceptors (Lipinski definition) is 4. The number of amides is 1. The van der Waals surface area contributed by atoms with Gasteiger partial charge in [-0.2, -0.15) is 5.26 Å². The summed E-state index contributed by atoms with van der Waals surface area (Å²) in [5, 5.41) is 9.84. The number of nitriles is 1. The SMILES string of the molecule is COc1ccc2oc(C(=O)N3CCC(C#N)CC3)c(C)c2c1. The van der Waals surface area contributed by atoms with Crippen LogP contribution in [0.4, 0.5) is 0 Å². The molecule has 0 aliphatic carbocycles. The maximum atomic E-state index is 12.7. The smallest absolute Gasteiger partial charge is 0.289 e. The first-order valence-corrected chi connectivity index (χ1v) is 7.40. The normalized spacial score (nSPS) is 15.8. The van der Waals surface area contributed by atoms with E-state index in [1.807, 2.05) is 25.1 Å². The van der Waals surface area contributed by atoms with Gasteiger partial charge in [0, 0.05) is 30.0 Å². The van der Waals surface area contributed by atoms with Gasteiger partial charge in [0.05, 0.1) is 13.2 Å². The maximum absolute atomic E-state index is 12.7. The Kier molecular flexibility index (Phi) is 3.76. The highest BCUT2D eigenvalue weighted by Gasteiger charge is 2.27. The van der Waals surface area contributed by atoms with Crippen molar-refractivity contribution in [3.05, 3.63) is 29.5 Å². The average Bonchev–Trinajstić information content (AvgIpc) is 2.90. The highest BCUT2D eigenvalue weighted by Crippen LogP contribution is 2.30. The zero-order valence-corrected chi connectivity index (χ0v) is 12.8. The first-order chi connectivity index (χ1) is 10.6. The van der Waals surface area contributed by atoms with Crippen LogP contribution in [0, 0.1) is 24.2 Å². The average molecular weight is 298 g/mol. The first kappa shape index (κ1) is 14.5. The minimum absolute atomic E-state index is 0.0603. The van der Waals surface area contributed by atoms with Crippen LogP contribution < -0.4 is 4.74 Å². The van der Waals surface area contributed by atoms with Crippen molar-refractivity contribution in [2.24, 2.45) is 5.92 Å². The molecule has 22 heavy (non-hydrogen) atoms. The second kappa shape index (κ2) is 5.72. The lowest BCUT2D eigenvalue weighted by atomic mass is 9.98. The Morgan fingerprint density at radius 3 is 2.77 bits per heavy atom. The number of ether oxygens (including phenoxy) is 1. The van der Waals surface area contributed by atoms with Crippen molar-refractivity contribution in [1.29, 1.82) is 5.26 Å². The van der Waals surface area contributed by atoms with Crippen LogP contribution >= 0.6 is 0 Å². The lowest BCUT2D eigenvalue weighted by molar-refractivity contribution is 0.0676. The van der Waals surface area contributed by atoms with Crippen molar-refractivity contribution < 1.29 is 13.9 Å². The number of hydrogen-bond donors (Lipinski definition) is 0. The summed E-state index contributed by atoms with van der Waals surface area (Å²) in [7, 11) is 1.61. The summed E-state index contributed by atoms with van der Waals surface area (Å²) < 4.78 is 11.0. The van der Waals surface area contributed by atoms with Gasteiger partial charge in [-0.05, 0) is 38.0 Å². The minimum Gasteiger partial charge on any atom is -0.497 e. The standard InChI is InChI=1S/C17H18N2O3/c1-11-14-9-13(21-2)3-4-15(14)22-16(11)17(20)19-7-5-12(10-18)6-8-19/h3-4,9,12H,5-8H2,1-2H3. The third kappa shape index (κ3) is 2.41. The summed E-state index contributed by atoms with van der Waals surface area (Å²) in [4.78, 5) is 14.4. The predicted molar refractivity (Wildman–Crippen MR) is 81.7 cm³/mol. The molecule has 2 aromatic rings. The fraction of sp³-hybridized carbons (Fsp3) is 0.412.